The number of rotatable bonds is 8. The van der Waals surface area contributed by atoms with Gasteiger partial charge in [0.05, 0.1) is 0 Å². The summed E-state index contributed by atoms with van der Waals surface area (Å²) in [5.74, 6) is 1.50. The molecule has 0 saturated heterocycles. The van der Waals surface area contributed by atoms with Gasteiger partial charge < -0.3 is 10.2 Å². The van der Waals surface area contributed by atoms with Gasteiger partial charge in [0.1, 0.15) is 0 Å². The second-order valence-corrected chi connectivity index (χ2v) is 6.90. The zero-order chi connectivity index (χ0) is 15.1. The molecule has 20 heavy (non-hydrogen) atoms. The highest BCUT2D eigenvalue weighted by molar-refractivity contribution is 5.45. The summed E-state index contributed by atoms with van der Waals surface area (Å²) >= 11 is 0. The first-order valence-electron chi connectivity index (χ1n) is 7.88. The van der Waals surface area contributed by atoms with Crippen LogP contribution in [0.25, 0.3) is 0 Å². The minimum Gasteiger partial charge on any atom is -0.378 e. The predicted molar refractivity (Wildman–Crippen MR) is 90.3 cm³/mol. The first-order chi connectivity index (χ1) is 9.38. The molecular formula is C18H32N2. The third-order valence-electron chi connectivity index (χ3n) is 3.56. The van der Waals surface area contributed by atoms with Crippen LogP contribution in [0.1, 0.15) is 46.1 Å². The van der Waals surface area contributed by atoms with E-state index in [9.17, 15) is 0 Å². The minimum absolute atomic E-state index is 0.628. The molecular weight excluding hydrogens is 244 g/mol. The molecule has 114 valence electrons. The molecule has 2 heteroatoms. The van der Waals surface area contributed by atoms with Crippen molar-refractivity contribution in [3.63, 3.8) is 0 Å². The summed E-state index contributed by atoms with van der Waals surface area (Å²) in [5.41, 5.74) is 2.63. The van der Waals surface area contributed by atoms with Crippen LogP contribution in [0.2, 0.25) is 0 Å². The predicted octanol–water partition coefficient (Wildman–Crippen LogP) is 4.30. The average molecular weight is 276 g/mol. The Bertz CT molecular complexity index is 356. The summed E-state index contributed by atoms with van der Waals surface area (Å²) in [6, 6.07) is 9.46. The molecule has 0 spiro atoms. The van der Waals surface area contributed by atoms with Gasteiger partial charge in [-0.25, -0.2) is 0 Å². The Hall–Kier alpha value is -1.02. The highest BCUT2D eigenvalue weighted by Crippen LogP contribution is 2.15. The van der Waals surface area contributed by atoms with Crippen molar-refractivity contribution in [1.29, 1.82) is 0 Å². The summed E-state index contributed by atoms with van der Waals surface area (Å²) in [4.78, 5) is 2.14. The van der Waals surface area contributed by atoms with Crippen LogP contribution in [-0.4, -0.2) is 20.1 Å². The third-order valence-corrected chi connectivity index (χ3v) is 3.56. The monoisotopic (exact) mass is 276 g/mol. The molecule has 1 aromatic carbocycles. The fourth-order valence-corrected chi connectivity index (χ4v) is 2.58. The second-order valence-electron chi connectivity index (χ2n) is 6.90. The van der Waals surface area contributed by atoms with Crippen LogP contribution in [-0.2, 0) is 6.54 Å². The molecule has 0 amide bonds. The van der Waals surface area contributed by atoms with Gasteiger partial charge in [0, 0.05) is 32.4 Å². The smallest absolute Gasteiger partial charge is 0.0361 e. The van der Waals surface area contributed by atoms with E-state index in [1.165, 1.54) is 24.1 Å². The summed E-state index contributed by atoms with van der Waals surface area (Å²) in [6.45, 7) is 10.2. The van der Waals surface area contributed by atoms with Crippen molar-refractivity contribution in [2.45, 2.75) is 53.1 Å². The number of hydrogen-bond acceptors (Lipinski definition) is 2. The van der Waals surface area contributed by atoms with Crippen molar-refractivity contribution in [2.24, 2.45) is 11.8 Å². The molecule has 0 aromatic heterocycles. The van der Waals surface area contributed by atoms with Crippen LogP contribution in [0.5, 0.6) is 0 Å². The van der Waals surface area contributed by atoms with Gasteiger partial charge in [0.25, 0.3) is 0 Å². The molecule has 0 aliphatic rings. The van der Waals surface area contributed by atoms with Crippen molar-refractivity contribution in [2.75, 3.05) is 19.0 Å². The molecule has 0 aliphatic carbocycles. The highest BCUT2D eigenvalue weighted by atomic mass is 15.1. The summed E-state index contributed by atoms with van der Waals surface area (Å²) < 4.78 is 0. The van der Waals surface area contributed by atoms with E-state index in [4.69, 9.17) is 0 Å². The van der Waals surface area contributed by atoms with Crippen molar-refractivity contribution in [3.05, 3.63) is 29.8 Å². The van der Waals surface area contributed by atoms with Gasteiger partial charge in [-0.15, -0.1) is 0 Å². The minimum atomic E-state index is 0.628. The van der Waals surface area contributed by atoms with E-state index in [-0.39, 0.29) is 0 Å². The lowest BCUT2D eigenvalue weighted by Crippen LogP contribution is -2.31. The molecule has 0 saturated carbocycles. The SMILES string of the molecule is CC(C)CC(CC(C)C)NCc1ccc(N(C)C)cc1. The lowest BCUT2D eigenvalue weighted by atomic mass is 9.95. The summed E-state index contributed by atoms with van der Waals surface area (Å²) in [5, 5.41) is 3.73. The van der Waals surface area contributed by atoms with E-state index in [2.05, 4.69) is 76.3 Å². The van der Waals surface area contributed by atoms with E-state index >= 15 is 0 Å². The Labute approximate surface area is 125 Å². The lowest BCUT2D eigenvalue weighted by Gasteiger charge is -2.23. The Morgan fingerprint density at radius 3 is 1.80 bits per heavy atom. The van der Waals surface area contributed by atoms with E-state index in [0.717, 1.165) is 18.4 Å². The lowest BCUT2D eigenvalue weighted by molar-refractivity contribution is 0.358. The second kappa shape index (κ2) is 8.31. The van der Waals surface area contributed by atoms with Crippen molar-refractivity contribution >= 4 is 5.69 Å². The maximum absolute atomic E-state index is 3.73. The van der Waals surface area contributed by atoms with Gasteiger partial charge in [-0.3, -0.25) is 0 Å². The zero-order valence-corrected chi connectivity index (χ0v) is 14.1. The van der Waals surface area contributed by atoms with Gasteiger partial charge in [-0.2, -0.15) is 0 Å². The van der Waals surface area contributed by atoms with Gasteiger partial charge in [-0.1, -0.05) is 39.8 Å². The normalized spacial score (nSPS) is 11.7. The molecule has 0 aliphatic heterocycles. The van der Waals surface area contributed by atoms with E-state index in [1.54, 1.807) is 0 Å². The van der Waals surface area contributed by atoms with Gasteiger partial charge in [-0.05, 0) is 42.4 Å². The number of anilines is 1. The molecule has 1 N–H and O–H groups in total. The fourth-order valence-electron chi connectivity index (χ4n) is 2.58. The van der Waals surface area contributed by atoms with Crippen LogP contribution in [0.15, 0.2) is 24.3 Å². The molecule has 0 fully saturated rings. The molecule has 2 nitrogen and oxygen atoms in total. The fraction of sp³-hybridized carbons (Fsp3) is 0.667. The molecule has 0 atom stereocenters. The maximum Gasteiger partial charge on any atom is 0.0361 e. The number of hydrogen-bond donors (Lipinski definition) is 1. The largest absolute Gasteiger partial charge is 0.378 e. The van der Waals surface area contributed by atoms with Crippen LogP contribution in [0, 0.1) is 11.8 Å². The molecule has 1 rings (SSSR count). The quantitative estimate of drug-likeness (QED) is 0.761. The topological polar surface area (TPSA) is 15.3 Å². The van der Waals surface area contributed by atoms with E-state index < -0.39 is 0 Å². The van der Waals surface area contributed by atoms with Crippen molar-refractivity contribution in [3.8, 4) is 0 Å². The Morgan fingerprint density at radius 2 is 1.40 bits per heavy atom. The van der Waals surface area contributed by atoms with Crippen LogP contribution >= 0.6 is 0 Å². The maximum atomic E-state index is 3.73. The Balaban J connectivity index is 2.53. The standard InChI is InChI=1S/C18H32N2/c1-14(2)11-17(12-15(3)4)19-13-16-7-9-18(10-8-16)20(5)6/h7-10,14-15,17,19H,11-13H2,1-6H3. The number of nitrogens with one attached hydrogen (secondary N) is 1. The van der Waals surface area contributed by atoms with Gasteiger partial charge in [0.2, 0.25) is 0 Å². The van der Waals surface area contributed by atoms with E-state index in [1.807, 2.05) is 0 Å². The average Bonchev–Trinajstić information content (AvgIpc) is 2.35. The summed E-state index contributed by atoms with van der Waals surface area (Å²) in [6.07, 6.45) is 2.52. The first kappa shape index (κ1) is 17.0. The Kier molecular flexibility index (Phi) is 7.08. The summed E-state index contributed by atoms with van der Waals surface area (Å²) in [7, 11) is 4.16. The van der Waals surface area contributed by atoms with Crippen LogP contribution in [0.3, 0.4) is 0 Å². The number of nitrogens with zero attached hydrogens (tertiary/aromatic N) is 1. The first-order valence-corrected chi connectivity index (χ1v) is 7.88. The van der Waals surface area contributed by atoms with Gasteiger partial charge in [0.15, 0.2) is 0 Å². The molecule has 1 aromatic rings. The van der Waals surface area contributed by atoms with Crippen molar-refractivity contribution in [1.82, 2.24) is 5.32 Å². The molecule has 0 unspecified atom stereocenters. The van der Waals surface area contributed by atoms with Crippen molar-refractivity contribution < 1.29 is 0 Å². The third kappa shape index (κ3) is 6.42. The highest BCUT2D eigenvalue weighted by Gasteiger charge is 2.12. The molecule has 0 heterocycles. The molecule has 0 bridgehead atoms. The van der Waals surface area contributed by atoms with E-state index in [0.29, 0.717) is 6.04 Å². The zero-order valence-electron chi connectivity index (χ0n) is 14.1. The number of benzene rings is 1. The van der Waals surface area contributed by atoms with Gasteiger partial charge >= 0.3 is 0 Å². The Morgan fingerprint density at radius 1 is 0.900 bits per heavy atom. The van der Waals surface area contributed by atoms with Crippen LogP contribution < -0.4 is 10.2 Å². The van der Waals surface area contributed by atoms with Crippen LogP contribution in [0.4, 0.5) is 5.69 Å². The molecule has 0 radical (unpaired) electrons.